The van der Waals surface area contributed by atoms with Crippen molar-refractivity contribution in [2.45, 2.75) is 26.2 Å². The Hall–Kier alpha value is -1.68. The van der Waals surface area contributed by atoms with Crippen LogP contribution in [0.25, 0.3) is 0 Å². The maximum Gasteiger partial charge on any atom is 0.256 e. The Bertz CT molecular complexity index is 640. The third-order valence-corrected chi connectivity index (χ3v) is 4.18. The maximum atomic E-state index is 13.0. The lowest BCUT2D eigenvalue weighted by Gasteiger charge is -2.11. The highest BCUT2D eigenvalue weighted by molar-refractivity contribution is 9.10. The summed E-state index contributed by atoms with van der Waals surface area (Å²) in [6, 6.07) is 11.8. The lowest BCUT2D eigenvalue weighted by molar-refractivity contribution is 0.102. The topological polar surface area (TPSA) is 29.1 Å². The number of benzene rings is 2. The number of rotatable bonds is 4. The molecule has 2 aromatic carbocycles. The standard InChI is InChI=1S/C17H17BrFNO/c1-3-11(2)12-4-7-14(8-5-12)20-17(21)15-9-6-13(19)10-16(15)18/h4-11H,3H2,1-2H3,(H,20,21). The van der Waals surface area contributed by atoms with E-state index in [1.165, 1.54) is 23.8 Å². The number of carbonyl (C=O) groups is 1. The molecule has 0 radical (unpaired) electrons. The number of nitrogens with one attached hydrogen (secondary N) is 1. The minimum Gasteiger partial charge on any atom is -0.322 e. The van der Waals surface area contributed by atoms with Crippen LogP contribution in [0.2, 0.25) is 0 Å². The van der Waals surface area contributed by atoms with Crippen molar-refractivity contribution in [2.75, 3.05) is 5.32 Å². The molecule has 21 heavy (non-hydrogen) atoms. The largest absolute Gasteiger partial charge is 0.322 e. The van der Waals surface area contributed by atoms with E-state index in [9.17, 15) is 9.18 Å². The minimum absolute atomic E-state index is 0.266. The maximum absolute atomic E-state index is 13.0. The Kier molecular flexibility index (Phi) is 5.12. The van der Waals surface area contributed by atoms with Crippen molar-refractivity contribution in [3.63, 3.8) is 0 Å². The van der Waals surface area contributed by atoms with Crippen molar-refractivity contribution in [3.05, 3.63) is 63.9 Å². The molecule has 0 bridgehead atoms. The van der Waals surface area contributed by atoms with Gasteiger partial charge in [0, 0.05) is 10.2 Å². The van der Waals surface area contributed by atoms with Gasteiger partial charge in [0.15, 0.2) is 0 Å². The number of halogens is 2. The minimum atomic E-state index is -0.378. The number of amides is 1. The lowest BCUT2D eigenvalue weighted by Crippen LogP contribution is -2.12. The highest BCUT2D eigenvalue weighted by Crippen LogP contribution is 2.22. The van der Waals surface area contributed by atoms with Crippen LogP contribution in [0.1, 0.15) is 42.1 Å². The first kappa shape index (κ1) is 15.7. The molecule has 2 rings (SSSR count). The van der Waals surface area contributed by atoms with Crippen molar-refractivity contribution in [1.29, 1.82) is 0 Å². The second-order valence-electron chi connectivity index (χ2n) is 5.01. The van der Waals surface area contributed by atoms with Crippen molar-refractivity contribution >= 4 is 27.5 Å². The summed E-state index contributed by atoms with van der Waals surface area (Å²) >= 11 is 3.20. The molecule has 110 valence electrons. The molecule has 0 aromatic heterocycles. The highest BCUT2D eigenvalue weighted by Gasteiger charge is 2.11. The molecule has 0 aliphatic heterocycles. The fourth-order valence-electron chi connectivity index (χ4n) is 2.00. The van der Waals surface area contributed by atoms with Crippen molar-refractivity contribution in [2.24, 2.45) is 0 Å². The van der Waals surface area contributed by atoms with E-state index in [0.29, 0.717) is 16.0 Å². The Morgan fingerprint density at radius 1 is 1.24 bits per heavy atom. The van der Waals surface area contributed by atoms with Gasteiger partial charge in [0.2, 0.25) is 0 Å². The molecule has 4 heteroatoms. The van der Waals surface area contributed by atoms with Crippen LogP contribution in [0.4, 0.5) is 10.1 Å². The van der Waals surface area contributed by atoms with Gasteiger partial charge < -0.3 is 5.32 Å². The van der Waals surface area contributed by atoms with Gasteiger partial charge in [0.1, 0.15) is 5.82 Å². The molecule has 0 saturated carbocycles. The van der Waals surface area contributed by atoms with Crippen LogP contribution in [-0.2, 0) is 0 Å². The molecule has 0 saturated heterocycles. The average molecular weight is 350 g/mol. The Morgan fingerprint density at radius 2 is 1.90 bits per heavy atom. The molecule has 2 nitrogen and oxygen atoms in total. The van der Waals surface area contributed by atoms with Crippen LogP contribution in [0.3, 0.4) is 0 Å². The van der Waals surface area contributed by atoms with E-state index in [2.05, 4.69) is 35.1 Å². The Morgan fingerprint density at radius 3 is 2.48 bits per heavy atom. The molecule has 2 aromatic rings. The first-order valence-electron chi connectivity index (χ1n) is 6.87. The fraction of sp³-hybridized carbons (Fsp3) is 0.235. The second-order valence-corrected chi connectivity index (χ2v) is 5.86. The van der Waals surface area contributed by atoms with Gasteiger partial charge in [-0.3, -0.25) is 4.79 Å². The summed E-state index contributed by atoms with van der Waals surface area (Å²) in [4.78, 5) is 12.2. The van der Waals surface area contributed by atoms with E-state index in [-0.39, 0.29) is 11.7 Å². The van der Waals surface area contributed by atoms with Crippen LogP contribution in [-0.4, -0.2) is 5.91 Å². The van der Waals surface area contributed by atoms with E-state index in [0.717, 1.165) is 12.1 Å². The van der Waals surface area contributed by atoms with Crippen LogP contribution in [0.15, 0.2) is 46.9 Å². The predicted octanol–water partition coefficient (Wildman–Crippen LogP) is 5.35. The SMILES string of the molecule is CCC(C)c1ccc(NC(=O)c2ccc(F)cc2Br)cc1. The monoisotopic (exact) mass is 349 g/mol. The van der Waals surface area contributed by atoms with E-state index >= 15 is 0 Å². The molecule has 1 atom stereocenters. The smallest absolute Gasteiger partial charge is 0.256 e. The third kappa shape index (κ3) is 3.91. The zero-order valence-corrected chi connectivity index (χ0v) is 13.6. The van der Waals surface area contributed by atoms with Crippen LogP contribution < -0.4 is 5.32 Å². The molecule has 0 heterocycles. The number of anilines is 1. The van der Waals surface area contributed by atoms with E-state index in [1.807, 2.05) is 24.3 Å². The molecule has 0 aliphatic rings. The van der Waals surface area contributed by atoms with Crippen molar-refractivity contribution in [3.8, 4) is 0 Å². The average Bonchev–Trinajstić information content (AvgIpc) is 2.47. The van der Waals surface area contributed by atoms with Crippen LogP contribution in [0, 0.1) is 5.82 Å². The number of hydrogen-bond donors (Lipinski definition) is 1. The summed E-state index contributed by atoms with van der Waals surface area (Å²) < 4.78 is 13.5. The first-order valence-corrected chi connectivity index (χ1v) is 7.67. The van der Waals surface area contributed by atoms with Gasteiger partial charge in [0.25, 0.3) is 5.91 Å². The third-order valence-electron chi connectivity index (χ3n) is 3.53. The second kappa shape index (κ2) is 6.85. The molecule has 1 unspecified atom stereocenters. The van der Waals surface area contributed by atoms with E-state index in [4.69, 9.17) is 0 Å². The molecule has 0 fully saturated rings. The van der Waals surface area contributed by atoms with Gasteiger partial charge in [-0.15, -0.1) is 0 Å². The van der Waals surface area contributed by atoms with Gasteiger partial charge in [-0.2, -0.15) is 0 Å². The van der Waals surface area contributed by atoms with Crippen molar-refractivity contribution < 1.29 is 9.18 Å². The number of hydrogen-bond acceptors (Lipinski definition) is 1. The Balaban J connectivity index is 2.12. The van der Waals surface area contributed by atoms with Crippen LogP contribution in [0.5, 0.6) is 0 Å². The summed E-state index contributed by atoms with van der Waals surface area (Å²) in [5, 5.41) is 2.81. The molecule has 0 aliphatic carbocycles. The van der Waals surface area contributed by atoms with Gasteiger partial charge in [-0.25, -0.2) is 4.39 Å². The number of carbonyl (C=O) groups excluding carboxylic acids is 1. The van der Waals surface area contributed by atoms with Crippen molar-refractivity contribution in [1.82, 2.24) is 0 Å². The Labute approximate surface area is 132 Å². The zero-order valence-electron chi connectivity index (χ0n) is 12.0. The zero-order chi connectivity index (χ0) is 15.4. The summed E-state index contributed by atoms with van der Waals surface area (Å²) in [5.41, 5.74) is 2.38. The summed E-state index contributed by atoms with van der Waals surface area (Å²) in [5.74, 6) is -0.143. The quantitative estimate of drug-likeness (QED) is 0.791. The molecule has 1 N–H and O–H groups in total. The lowest BCUT2D eigenvalue weighted by atomic mass is 9.98. The highest BCUT2D eigenvalue weighted by atomic mass is 79.9. The molecule has 0 spiro atoms. The summed E-state index contributed by atoms with van der Waals surface area (Å²) in [6.07, 6.45) is 1.08. The van der Waals surface area contributed by atoms with Gasteiger partial charge in [0.05, 0.1) is 5.56 Å². The normalized spacial score (nSPS) is 12.0. The first-order chi connectivity index (χ1) is 10.0. The molecular weight excluding hydrogens is 333 g/mol. The van der Waals surface area contributed by atoms with Gasteiger partial charge in [-0.1, -0.05) is 26.0 Å². The fourth-order valence-corrected chi connectivity index (χ4v) is 2.53. The predicted molar refractivity (Wildman–Crippen MR) is 87.2 cm³/mol. The summed E-state index contributed by atoms with van der Waals surface area (Å²) in [6.45, 7) is 4.32. The van der Waals surface area contributed by atoms with Gasteiger partial charge in [-0.05, 0) is 64.2 Å². The van der Waals surface area contributed by atoms with E-state index < -0.39 is 0 Å². The van der Waals surface area contributed by atoms with Crippen LogP contribution >= 0.6 is 15.9 Å². The van der Waals surface area contributed by atoms with Gasteiger partial charge >= 0.3 is 0 Å². The molecule has 1 amide bonds. The van der Waals surface area contributed by atoms with E-state index in [1.54, 1.807) is 0 Å². The molecular formula is C17H17BrFNO. The summed E-state index contributed by atoms with van der Waals surface area (Å²) in [7, 11) is 0.